The molecule has 0 saturated heterocycles. The van der Waals surface area contributed by atoms with Gasteiger partial charge in [-0.15, -0.1) is 10.2 Å². The second kappa shape index (κ2) is 9.02. The molecule has 0 unspecified atom stereocenters. The fourth-order valence-corrected chi connectivity index (χ4v) is 3.24. The molecule has 0 saturated carbocycles. The van der Waals surface area contributed by atoms with E-state index in [1.54, 1.807) is 11.0 Å². The van der Waals surface area contributed by atoms with Gasteiger partial charge in [0, 0.05) is 12.5 Å². The number of carbonyl (C=O) groups excluding carboxylic acids is 1. The zero-order valence-corrected chi connectivity index (χ0v) is 17.1. The number of halogens is 1. The van der Waals surface area contributed by atoms with Gasteiger partial charge in [-0.25, -0.2) is 0 Å². The van der Waals surface area contributed by atoms with Gasteiger partial charge in [0.1, 0.15) is 0 Å². The zero-order valence-electron chi connectivity index (χ0n) is 16.4. The largest absolute Gasteiger partial charge is 0.419 e. The molecular formula is C22H24ClN3O2. The molecule has 1 heterocycles. The van der Waals surface area contributed by atoms with Gasteiger partial charge in [-0.1, -0.05) is 53.6 Å². The van der Waals surface area contributed by atoms with E-state index in [-0.39, 0.29) is 18.5 Å². The van der Waals surface area contributed by atoms with Crippen molar-refractivity contribution in [3.63, 3.8) is 0 Å². The third-order valence-electron chi connectivity index (χ3n) is 4.53. The molecule has 0 fully saturated rings. The van der Waals surface area contributed by atoms with Gasteiger partial charge >= 0.3 is 0 Å². The number of amides is 1. The number of hydrogen-bond donors (Lipinski definition) is 0. The van der Waals surface area contributed by atoms with Crippen molar-refractivity contribution in [2.24, 2.45) is 0 Å². The second-order valence-corrected chi connectivity index (χ2v) is 7.49. The summed E-state index contributed by atoms with van der Waals surface area (Å²) in [6.07, 6.45) is 1.14. The average molecular weight is 398 g/mol. The van der Waals surface area contributed by atoms with Crippen LogP contribution in [0.5, 0.6) is 0 Å². The number of hydrogen-bond acceptors (Lipinski definition) is 4. The summed E-state index contributed by atoms with van der Waals surface area (Å²) in [6, 6.07) is 15.6. The molecule has 0 aliphatic heterocycles. The predicted octanol–water partition coefficient (Wildman–Crippen LogP) is 5.07. The normalized spacial score (nSPS) is 11.0. The first-order valence-electron chi connectivity index (χ1n) is 9.36. The number of benzene rings is 2. The highest BCUT2D eigenvalue weighted by Gasteiger charge is 2.21. The molecule has 0 radical (unpaired) electrons. The van der Waals surface area contributed by atoms with Gasteiger partial charge in [0.2, 0.25) is 17.7 Å². The number of nitrogens with zero attached hydrogens (tertiary/aromatic N) is 3. The van der Waals surface area contributed by atoms with E-state index >= 15 is 0 Å². The summed E-state index contributed by atoms with van der Waals surface area (Å²) in [4.78, 5) is 14.6. The monoisotopic (exact) mass is 397 g/mol. The van der Waals surface area contributed by atoms with Crippen LogP contribution in [0.1, 0.15) is 37.3 Å². The Bertz CT molecular complexity index is 952. The molecule has 3 rings (SSSR count). The first kappa shape index (κ1) is 20.1. The van der Waals surface area contributed by atoms with E-state index < -0.39 is 0 Å². The molecule has 146 valence electrons. The fourth-order valence-electron chi connectivity index (χ4n) is 3.03. The van der Waals surface area contributed by atoms with Crippen LogP contribution in [0.2, 0.25) is 5.02 Å². The first-order valence-corrected chi connectivity index (χ1v) is 9.74. The lowest BCUT2D eigenvalue weighted by molar-refractivity contribution is -0.133. The predicted molar refractivity (Wildman–Crippen MR) is 110 cm³/mol. The summed E-state index contributed by atoms with van der Waals surface area (Å²) in [5, 5.41) is 8.73. The Morgan fingerprint density at radius 1 is 1.14 bits per heavy atom. The lowest BCUT2D eigenvalue weighted by Gasteiger charge is -2.25. The van der Waals surface area contributed by atoms with Crippen LogP contribution in [0.3, 0.4) is 0 Å². The van der Waals surface area contributed by atoms with Crippen LogP contribution in [0.4, 0.5) is 0 Å². The lowest BCUT2D eigenvalue weighted by Crippen LogP contribution is -2.36. The molecule has 1 amide bonds. The van der Waals surface area contributed by atoms with Crippen LogP contribution in [0, 0.1) is 6.92 Å². The lowest BCUT2D eigenvalue weighted by atomic mass is 10.1. The third kappa shape index (κ3) is 4.98. The summed E-state index contributed by atoms with van der Waals surface area (Å²) in [6.45, 7) is 6.30. The first-order chi connectivity index (χ1) is 13.4. The Balaban J connectivity index is 1.68. The number of aromatic nitrogens is 2. The average Bonchev–Trinajstić information content (AvgIpc) is 3.13. The van der Waals surface area contributed by atoms with Crippen LogP contribution in [-0.4, -0.2) is 27.0 Å². The van der Waals surface area contributed by atoms with E-state index in [1.165, 1.54) is 5.56 Å². The molecule has 28 heavy (non-hydrogen) atoms. The minimum absolute atomic E-state index is 0.0284. The Kier molecular flexibility index (Phi) is 6.47. The smallest absolute Gasteiger partial charge is 0.249 e. The van der Waals surface area contributed by atoms with Crippen LogP contribution >= 0.6 is 11.6 Å². The second-order valence-electron chi connectivity index (χ2n) is 7.09. The third-order valence-corrected chi connectivity index (χ3v) is 4.86. The summed E-state index contributed by atoms with van der Waals surface area (Å²) < 4.78 is 5.76. The van der Waals surface area contributed by atoms with Crippen LogP contribution in [0.25, 0.3) is 11.5 Å². The molecule has 0 spiro atoms. The topological polar surface area (TPSA) is 59.2 Å². The van der Waals surface area contributed by atoms with E-state index in [4.69, 9.17) is 16.0 Å². The molecule has 0 N–H and O–H groups in total. The van der Waals surface area contributed by atoms with E-state index in [0.29, 0.717) is 35.2 Å². The SMILES string of the molecule is Cc1cccc(CCC(=O)N(Cc2nnc(-c3ccccc3Cl)o2)C(C)C)c1. The van der Waals surface area contributed by atoms with Gasteiger partial charge in [-0.05, 0) is 44.9 Å². The summed E-state index contributed by atoms with van der Waals surface area (Å²) >= 11 is 6.19. The van der Waals surface area contributed by atoms with Gasteiger partial charge in [0.15, 0.2) is 0 Å². The Morgan fingerprint density at radius 2 is 1.93 bits per heavy atom. The van der Waals surface area contributed by atoms with Crippen molar-refractivity contribution in [2.75, 3.05) is 0 Å². The molecule has 6 heteroatoms. The summed E-state index contributed by atoms with van der Waals surface area (Å²) in [5.41, 5.74) is 3.05. The van der Waals surface area contributed by atoms with Gasteiger partial charge in [0.05, 0.1) is 17.1 Å². The van der Waals surface area contributed by atoms with E-state index in [9.17, 15) is 4.79 Å². The molecule has 0 bridgehead atoms. The molecule has 5 nitrogen and oxygen atoms in total. The molecule has 0 atom stereocenters. The highest BCUT2D eigenvalue weighted by atomic mass is 35.5. The molecule has 3 aromatic rings. The quantitative estimate of drug-likeness (QED) is 0.558. The summed E-state index contributed by atoms with van der Waals surface area (Å²) in [5.74, 6) is 0.818. The Labute approximate surface area is 170 Å². The molecular weight excluding hydrogens is 374 g/mol. The minimum Gasteiger partial charge on any atom is -0.419 e. The standard InChI is InChI=1S/C22H24ClN3O2/c1-15(2)26(21(27)12-11-17-8-6-7-16(3)13-17)14-20-24-25-22(28-20)18-9-4-5-10-19(18)23/h4-10,13,15H,11-12,14H2,1-3H3. The van der Waals surface area contributed by atoms with Gasteiger partial charge in [-0.3, -0.25) is 4.79 Å². The van der Waals surface area contributed by atoms with Crippen LogP contribution in [-0.2, 0) is 17.8 Å². The van der Waals surface area contributed by atoms with E-state index in [1.807, 2.05) is 44.2 Å². The summed E-state index contributed by atoms with van der Waals surface area (Å²) in [7, 11) is 0. The van der Waals surface area contributed by atoms with Gasteiger partial charge < -0.3 is 9.32 Å². The molecule has 0 aliphatic rings. The number of rotatable bonds is 7. The maximum Gasteiger partial charge on any atom is 0.249 e. The van der Waals surface area contributed by atoms with Gasteiger partial charge in [-0.2, -0.15) is 0 Å². The van der Waals surface area contributed by atoms with Crippen molar-refractivity contribution in [1.82, 2.24) is 15.1 Å². The van der Waals surface area contributed by atoms with Crippen molar-refractivity contribution < 1.29 is 9.21 Å². The van der Waals surface area contributed by atoms with Crippen molar-refractivity contribution in [1.29, 1.82) is 0 Å². The van der Waals surface area contributed by atoms with Crippen LogP contribution < -0.4 is 0 Å². The highest BCUT2D eigenvalue weighted by molar-refractivity contribution is 6.33. The zero-order chi connectivity index (χ0) is 20.1. The fraction of sp³-hybridized carbons (Fsp3) is 0.318. The van der Waals surface area contributed by atoms with Crippen molar-refractivity contribution in [3.05, 3.63) is 70.6 Å². The molecule has 1 aromatic heterocycles. The van der Waals surface area contributed by atoms with Crippen molar-refractivity contribution in [2.45, 2.75) is 46.2 Å². The number of carbonyl (C=O) groups is 1. The Hall–Kier alpha value is -2.66. The molecule has 0 aliphatic carbocycles. The maximum atomic E-state index is 12.8. The van der Waals surface area contributed by atoms with Crippen molar-refractivity contribution >= 4 is 17.5 Å². The van der Waals surface area contributed by atoms with Crippen LogP contribution in [0.15, 0.2) is 52.9 Å². The number of aryl methyl sites for hydroxylation is 2. The van der Waals surface area contributed by atoms with E-state index in [0.717, 1.165) is 5.56 Å². The Morgan fingerprint density at radius 3 is 2.64 bits per heavy atom. The minimum atomic E-state index is 0.0284. The van der Waals surface area contributed by atoms with Gasteiger partial charge in [0.25, 0.3) is 0 Å². The maximum absolute atomic E-state index is 12.8. The highest BCUT2D eigenvalue weighted by Crippen LogP contribution is 2.26. The molecule has 2 aromatic carbocycles. The van der Waals surface area contributed by atoms with E-state index in [2.05, 4.69) is 29.3 Å². The van der Waals surface area contributed by atoms with Crippen molar-refractivity contribution in [3.8, 4) is 11.5 Å².